The molecule has 0 amide bonds. The highest BCUT2D eigenvalue weighted by Gasteiger charge is 2.11. The monoisotopic (exact) mass is 279 g/mol. The van der Waals surface area contributed by atoms with Crippen LogP contribution in [0, 0.1) is 0 Å². The molecule has 112 valence electrons. The molecule has 0 bridgehead atoms. The van der Waals surface area contributed by atoms with Crippen molar-refractivity contribution in [1.29, 1.82) is 0 Å². The summed E-state index contributed by atoms with van der Waals surface area (Å²) in [4.78, 5) is 15.1. The second-order valence-corrected chi connectivity index (χ2v) is 4.22. The maximum Gasteiger partial charge on any atom is 0.323 e. The molecule has 1 heterocycles. The zero-order chi connectivity index (χ0) is 14.8. The topological polar surface area (TPSA) is 63.2 Å². The third-order valence-electron chi connectivity index (χ3n) is 2.73. The molecule has 1 N–H and O–H groups in total. The van der Waals surface area contributed by atoms with Gasteiger partial charge in [0.25, 0.3) is 0 Å². The predicted octanol–water partition coefficient (Wildman–Crippen LogP) is 2.49. The van der Waals surface area contributed by atoms with Gasteiger partial charge in [-0.25, -0.2) is 0 Å². The molecule has 0 aliphatic rings. The Morgan fingerprint density at radius 3 is 2.50 bits per heavy atom. The molecule has 0 aromatic carbocycles. The van der Waals surface area contributed by atoms with Crippen LogP contribution in [0.3, 0.4) is 0 Å². The average Bonchev–Trinajstić information content (AvgIpc) is 2.47. The van der Waals surface area contributed by atoms with Gasteiger partial charge >= 0.3 is 6.01 Å². The van der Waals surface area contributed by atoms with Crippen LogP contribution >= 0.6 is 0 Å². The molecule has 6 nitrogen and oxygen atoms in total. The van der Waals surface area contributed by atoms with E-state index in [1.54, 1.807) is 0 Å². The first kappa shape index (κ1) is 16.2. The maximum atomic E-state index is 5.53. The Labute approximate surface area is 121 Å². The number of ether oxygens (including phenoxy) is 1. The molecule has 0 fully saturated rings. The average molecular weight is 279 g/mol. The molecular formula is C14H25N5O. The highest BCUT2D eigenvalue weighted by atomic mass is 16.5. The largest absolute Gasteiger partial charge is 0.459 e. The van der Waals surface area contributed by atoms with Gasteiger partial charge in [-0.05, 0) is 27.2 Å². The Kier molecular flexibility index (Phi) is 7.39. The summed E-state index contributed by atoms with van der Waals surface area (Å²) in [6.07, 6.45) is 4.86. The lowest BCUT2D eigenvalue weighted by molar-refractivity contribution is 0.332. The normalized spacial score (nSPS) is 10.8. The van der Waals surface area contributed by atoms with E-state index in [1.807, 2.05) is 19.1 Å². The summed E-state index contributed by atoms with van der Waals surface area (Å²) in [5, 5.41) is 3.18. The van der Waals surface area contributed by atoms with Crippen molar-refractivity contribution < 1.29 is 4.74 Å². The van der Waals surface area contributed by atoms with Crippen molar-refractivity contribution in [3.05, 3.63) is 12.2 Å². The molecular weight excluding hydrogens is 254 g/mol. The van der Waals surface area contributed by atoms with E-state index in [2.05, 4.69) is 45.9 Å². The van der Waals surface area contributed by atoms with Crippen LogP contribution in [-0.2, 0) is 0 Å². The highest BCUT2D eigenvalue weighted by molar-refractivity contribution is 5.38. The molecule has 0 saturated heterocycles. The number of aromatic nitrogens is 3. The first-order valence-electron chi connectivity index (χ1n) is 7.23. The Bertz CT molecular complexity index is 418. The zero-order valence-electron chi connectivity index (χ0n) is 12.9. The minimum atomic E-state index is 0.360. The summed E-state index contributed by atoms with van der Waals surface area (Å²) >= 11 is 0. The van der Waals surface area contributed by atoms with Gasteiger partial charge in [-0.1, -0.05) is 19.1 Å². The lowest BCUT2D eigenvalue weighted by atomic mass is 10.5. The van der Waals surface area contributed by atoms with Crippen molar-refractivity contribution in [1.82, 2.24) is 15.0 Å². The summed E-state index contributed by atoms with van der Waals surface area (Å²) in [6.45, 7) is 11.2. The fourth-order valence-electron chi connectivity index (χ4n) is 1.59. The van der Waals surface area contributed by atoms with Gasteiger partial charge < -0.3 is 15.0 Å². The van der Waals surface area contributed by atoms with Crippen LogP contribution in [0.5, 0.6) is 6.01 Å². The lowest BCUT2D eigenvalue weighted by Crippen LogP contribution is -2.25. The van der Waals surface area contributed by atoms with Crippen LogP contribution < -0.4 is 15.0 Å². The highest BCUT2D eigenvalue weighted by Crippen LogP contribution is 2.15. The molecule has 6 heteroatoms. The van der Waals surface area contributed by atoms with Crippen LogP contribution in [0.25, 0.3) is 0 Å². The first-order valence-corrected chi connectivity index (χ1v) is 7.23. The van der Waals surface area contributed by atoms with E-state index in [0.29, 0.717) is 24.5 Å². The van der Waals surface area contributed by atoms with Gasteiger partial charge in [0.05, 0.1) is 0 Å². The summed E-state index contributed by atoms with van der Waals surface area (Å²) in [5.41, 5.74) is 0. The molecule has 1 rings (SSSR count). The Hall–Kier alpha value is -1.85. The van der Waals surface area contributed by atoms with Gasteiger partial charge in [0.15, 0.2) is 0 Å². The fourth-order valence-corrected chi connectivity index (χ4v) is 1.59. The SMILES string of the molecule is C/C=C/COc1nc(NCCC)nc(N(CC)CC)n1. The van der Waals surface area contributed by atoms with Gasteiger partial charge in [0.1, 0.15) is 6.61 Å². The Balaban J connectivity index is 2.93. The standard InChI is InChI=1S/C14H25N5O/c1-5-9-11-20-14-17-12(15-10-6-2)16-13(18-14)19(7-3)8-4/h5,9H,6-8,10-11H2,1-4H3,(H,15,16,17,18)/b9-5+. The number of nitrogens with one attached hydrogen (secondary N) is 1. The summed E-state index contributed by atoms with van der Waals surface area (Å²) in [5.74, 6) is 1.22. The number of rotatable bonds is 9. The molecule has 1 aromatic heterocycles. The number of anilines is 2. The van der Waals surface area contributed by atoms with E-state index in [0.717, 1.165) is 26.1 Å². The van der Waals surface area contributed by atoms with Crippen molar-refractivity contribution in [3.63, 3.8) is 0 Å². The molecule has 0 saturated carbocycles. The number of hydrogen-bond donors (Lipinski definition) is 1. The van der Waals surface area contributed by atoms with E-state index >= 15 is 0 Å². The van der Waals surface area contributed by atoms with Crippen LogP contribution in [0.1, 0.15) is 34.1 Å². The molecule has 0 atom stereocenters. The van der Waals surface area contributed by atoms with Crippen LogP contribution in [0.15, 0.2) is 12.2 Å². The van der Waals surface area contributed by atoms with Crippen molar-refractivity contribution in [2.45, 2.75) is 34.1 Å². The first-order chi connectivity index (χ1) is 9.74. The third-order valence-corrected chi connectivity index (χ3v) is 2.73. The van der Waals surface area contributed by atoms with Crippen molar-refractivity contribution in [2.75, 3.05) is 36.5 Å². The molecule has 0 radical (unpaired) electrons. The van der Waals surface area contributed by atoms with Crippen LogP contribution in [0.2, 0.25) is 0 Å². The van der Waals surface area contributed by atoms with Crippen LogP contribution in [-0.4, -0.2) is 41.2 Å². The van der Waals surface area contributed by atoms with Gasteiger partial charge in [-0.3, -0.25) is 0 Å². The summed E-state index contributed by atoms with van der Waals surface area (Å²) in [6, 6.07) is 0.360. The van der Waals surface area contributed by atoms with Gasteiger partial charge in [-0.2, -0.15) is 15.0 Å². The van der Waals surface area contributed by atoms with E-state index < -0.39 is 0 Å². The number of hydrogen-bond acceptors (Lipinski definition) is 6. The zero-order valence-corrected chi connectivity index (χ0v) is 12.9. The van der Waals surface area contributed by atoms with Crippen molar-refractivity contribution in [2.24, 2.45) is 0 Å². The van der Waals surface area contributed by atoms with Gasteiger partial charge in [0.2, 0.25) is 11.9 Å². The summed E-state index contributed by atoms with van der Waals surface area (Å²) in [7, 11) is 0. The maximum absolute atomic E-state index is 5.53. The minimum Gasteiger partial charge on any atom is -0.459 e. The fraction of sp³-hybridized carbons (Fsp3) is 0.643. The van der Waals surface area contributed by atoms with E-state index in [9.17, 15) is 0 Å². The Morgan fingerprint density at radius 2 is 1.90 bits per heavy atom. The predicted molar refractivity (Wildman–Crippen MR) is 82.5 cm³/mol. The quantitative estimate of drug-likeness (QED) is 0.701. The van der Waals surface area contributed by atoms with Gasteiger partial charge in [0, 0.05) is 19.6 Å². The van der Waals surface area contributed by atoms with Crippen molar-refractivity contribution in [3.8, 4) is 6.01 Å². The van der Waals surface area contributed by atoms with E-state index in [-0.39, 0.29) is 0 Å². The molecule has 1 aromatic rings. The van der Waals surface area contributed by atoms with E-state index in [4.69, 9.17) is 4.74 Å². The molecule has 0 unspecified atom stereocenters. The molecule has 0 aliphatic heterocycles. The van der Waals surface area contributed by atoms with Crippen molar-refractivity contribution >= 4 is 11.9 Å². The van der Waals surface area contributed by atoms with Crippen LogP contribution in [0.4, 0.5) is 11.9 Å². The number of nitrogens with zero attached hydrogens (tertiary/aromatic N) is 4. The molecule has 20 heavy (non-hydrogen) atoms. The lowest BCUT2D eigenvalue weighted by Gasteiger charge is -2.19. The molecule has 0 aliphatic carbocycles. The second-order valence-electron chi connectivity index (χ2n) is 4.22. The smallest absolute Gasteiger partial charge is 0.323 e. The molecule has 0 spiro atoms. The Morgan fingerprint density at radius 1 is 1.15 bits per heavy atom. The van der Waals surface area contributed by atoms with Gasteiger partial charge in [-0.15, -0.1) is 0 Å². The summed E-state index contributed by atoms with van der Waals surface area (Å²) < 4.78 is 5.53. The number of allylic oxidation sites excluding steroid dienone is 1. The second kappa shape index (κ2) is 9.12. The minimum absolute atomic E-state index is 0.360. The van der Waals surface area contributed by atoms with E-state index in [1.165, 1.54) is 0 Å². The third kappa shape index (κ3) is 5.03.